The van der Waals surface area contributed by atoms with Crippen LogP contribution in [0.25, 0.3) is 11.3 Å². The van der Waals surface area contributed by atoms with Crippen molar-refractivity contribution in [3.63, 3.8) is 0 Å². The van der Waals surface area contributed by atoms with E-state index in [1.165, 1.54) is 23.8 Å². The summed E-state index contributed by atoms with van der Waals surface area (Å²) in [7, 11) is 0. The summed E-state index contributed by atoms with van der Waals surface area (Å²) in [6, 6.07) is 20.2. The molecule has 0 aliphatic carbocycles. The number of ether oxygens (including phenoxy) is 1. The fourth-order valence-corrected chi connectivity index (χ4v) is 3.98. The van der Waals surface area contributed by atoms with Gasteiger partial charge in [-0.25, -0.2) is 9.97 Å². The van der Waals surface area contributed by atoms with Crippen molar-refractivity contribution in [3.8, 4) is 11.3 Å². The Bertz CT molecular complexity index is 1200. The van der Waals surface area contributed by atoms with Crippen LogP contribution in [-0.2, 0) is 17.6 Å². The predicted octanol–water partition coefficient (Wildman–Crippen LogP) is 4.59. The molecule has 6 heteroatoms. The van der Waals surface area contributed by atoms with E-state index in [1.807, 2.05) is 30.3 Å². The van der Waals surface area contributed by atoms with Crippen LogP contribution in [0, 0.1) is 0 Å². The van der Waals surface area contributed by atoms with Crippen molar-refractivity contribution in [1.82, 2.24) is 9.97 Å². The van der Waals surface area contributed by atoms with E-state index in [9.17, 15) is 4.79 Å². The van der Waals surface area contributed by atoms with Gasteiger partial charge in [0.2, 0.25) is 0 Å². The minimum absolute atomic E-state index is 0.0421. The van der Waals surface area contributed by atoms with Crippen molar-refractivity contribution in [3.05, 3.63) is 102 Å². The Balaban J connectivity index is 1.24. The quantitative estimate of drug-likeness (QED) is 0.393. The SMILES string of the molecule is O=C(Cc1ccc(-c2ccnc(Cc3ccc(N4CCOCC4)cc3)n2)cc1)c1ccoc1. The van der Waals surface area contributed by atoms with E-state index in [-0.39, 0.29) is 5.78 Å². The number of rotatable bonds is 7. The molecule has 1 saturated heterocycles. The molecular formula is C27H25N3O3. The van der Waals surface area contributed by atoms with Crippen molar-refractivity contribution >= 4 is 11.5 Å². The first-order valence-electron chi connectivity index (χ1n) is 11.1. The fourth-order valence-electron chi connectivity index (χ4n) is 3.98. The molecule has 0 bridgehead atoms. The van der Waals surface area contributed by atoms with E-state index in [0.717, 1.165) is 48.9 Å². The minimum Gasteiger partial charge on any atom is -0.472 e. The summed E-state index contributed by atoms with van der Waals surface area (Å²) in [6.07, 6.45) is 5.82. The number of anilines is 1. The molecule has 0 spiro atoms. The minimum atomic E-state index is 0.0421. The normalized spacial score (nSPS) is 13.8. The summed E-state index contributed by atoms with van der Waals surface area (Å²) >= 11 is 0. The standard InChI is InChI=1S/C27H25N3O3/c31-26(23-10-14-33-19-23)17-20-1-5-22(6-2-20)25-9-11-28-27(29-25)18-21-3-7-24(8-4-21)30-12-15-32-16-13-30/h1-11,14,19H,12-13,15-18H2. The van der Waals surface area contributed by atoms with Crippen molar-refractivity contribution < 1.29 is 13.9 Å². The van der Waals surface area contributed by atoms with E-state index in [0.29, 0.717) is 18.4 Å². The molecule has 166 valence electrons. The number of carbonyl (C=O) groups is 1. The molecular weight excluding hydrogens is 414 g/mol. The lowest BCUT2D eigenvalue weighted by atomic mass is 10.0. The smallest absolute Gasteiger partial charge is 0.170 e. The topological polar surface area (TPSA) is 68.5 Å². The monoisotopic (exact) mass is 439 g/mol. The van der Waals surface area contributed by atoms with E-state index in [2.05, 4.69) is 34.1 Å². The maximum atomic E-state index is 12.3. The molecule has 2 aromatic heterocycles. The lowest BCUT2D eigenvalue weighted by Crippen LogP contribution is -2.36. The highest BCUT2D eigenvalue weighted by Crippen LogP contribution is 2.21. The number of ketones is 1. The van der Waals surface area contributed by atoms with Gasteiger partial charge in [-0.15, -0.1) is 0 Å². The third kappa shape index (κ3) is 5.18. The van der Waals surface area contributed by atoms with Crippen LogP contribution in [0.4, 0.5) is 5.69 Å². The molecule has 0 atom stereocenters. The van der Waals surface area contributed by atoms with Gasteiger partial charge in [0.25, 0.3) is 0 Å². The average Bonchev–Trinajstić information content (AvgIpc) is 3.41. The molecule has 0 N–H and O–H groups in total. The van der Waals surface area contributed by atoms with Gasteiger partial charge in [0.15, 0.2) is 5.78 Å². The summed E-state index contributed by atoms with van der Waals surface area (Å²) in [4.78, 5) is 23.8. The number of nitrogens with zero attached hydrogens (tertiary/aromatic N) is 3. The average molecular weight is 440 g/mol. The molecule has 5 rings (SSSR count). The van der Waals surface area contributed by atoms with E-state index in [1.54, 1.807) is 12.3 Å². The Morgan fingerprint density at radius 2 is 1.67 bits per heavy atom. The van der Waals surface area contributed by atoms with Gasteiger partial charge in [-0.1, -0.05) is 36.4 Å². The number of aromatic nitrogens is 2. The highest BCUT2D eigenvalue weighted by molar-refractivity contribution is 5.97. The van der Waals surface area contributed by atoms with Crippen molar-refractivity contribution in [2.75, 3.05) is 31.2 Å². The number of Topliss-reactive ketones (excluding diaryl/α,β-unsaturated/α-hetero) is 1. The Hall–Kier alpha value is -3.77. The van der Waals surface area contributed by atoms with Gasteiger partial charge in [-0.05, 0) is 35.4 Å². The van der Waals surface area contributed by atoms with Crippen LogP contribution in [0.2, 0.25) is 0 Å². The Morgan fingerprint density at radius 3 is 2.39 bits per heavy atom. The zero-order chi connectivity index (χ0) is 22.5. The molecule has 1 aliphatic heterocycles. The highest BCUT2D eigenvalue weighted by Gasteiger charge is 2.12. The maximum Gasteiger partial charge on any atom is 0.170 e. The molecule has 4 aromatic rings. The lowest BCUT2D eigenvalue weighted by molar-refractivity contribution is 0.0992. The fraction of sp³-hybridized carbons (Fsp3) is 0.222. The largest absolute Gasteiger partial charge is 0.472 e. The molecule has 1 aliphatic rings. The van der Waals surface area contributed by atoms with Crippen LogP contribution in [0.15, 0.2) is 83.8 Å². The van der Waals surface area contributed by atoms with Crippen LogP contribution < -0.4 is 4.90 Å². The van der Waals surface area contributed by atoms with Crippen LogP contribution in [0.1, 0.15) is 27.3 Å². The Labute approximate surface area is 192 Å². The molecule has 0 radical (unpaired) electrons. The van der Waals surface area contributed by atoms with E-state index in [4.69, 9.17) is 14.1 Å². The molecule has 3 heterocycles. The number of furan rings is 1. The number of hydrogen-bond acceptors (Lipinski definition) is 6. The first kappa shape index (κ1) is 21.1. The molecule has 2 aromatic carbocycles. The van der Waals surface area contributed by atoms with Crippen molar-refractivity contribution in [2.45, 2.75) is 12.8 Å². The lowest BCUT2D eigenvalue weighted by Gasteiger charge is -2.28. The van der Waals surface area contributed by atoms with Crippen LogP contribution in [-0.4, -0.2) is 42.1 Å². The summed E-state index contributed by atoms with van der Waals surface area (Å²) in [6.45, 7) is 3.43. The summed E-state index contributed by atoms with van der Waals surface area (Å²) in [5.74, 6) is 0.825. The first-order chi connectivity index (χ1) is 16.2. The Kier molecular flexibility index (Phi) is 6.26. The second-order valence-electron chi connectivity index (χ2n) is 8.11. The van der Waals surface area contributed by atoms with Gasteiger partial charge in [-0.3, -0.25) is 4.79 Å². The van der Waals surface area contributed by atoms with Gasteiger partial charge in [0, 0.05) is 43.4 Å². The number of morpholine rings is 1. The van der Waals surface area contributed by atoms with Crippen molar-refractivity contribution in [1.29, 1.82) is 0 Å². The maximum absolute atomic E-state index is 12.3. The second kappa shape index (κ2) is 9.79. The molecule has 33 heavy (non-hydrogen) atoms. The van der Waals surface area contributed by atoms with Gasteiger partial charge in [-0.2, -0.15) is 0 Å². The summed E-state index contributed by atoms with van der Waals surface area (Å²) in [5.41, 5.74) is 5.83. The van der Waals surface area contributed by atoms with E-state index < -0.39 is 0 Å². The predicted molar refractivity (Wildman–Crippen MR) is 126 cm³/mol. The van der Waals surface area contributed by atoms with Crippen LogP contribution >= 0.6 is 0 Å². The zero-order valence-electron chi connectivity index (χ0n) is 18.3. The zero-order valence-corrected chi connectivity index (χ0v) is 18.3. The molecule has 0 saturated carbocycles. The van der Waals surface area contributed by atoms with Gasteiger partial charge in [0.05, 0.1) is 30.7 Å². The van der Waals surface area contributed by atoms with Crippen LogP contribution in [0.3, 0.4) is 0 Å². The van der Waals surface area contributed by atoms with Crippen LogP contribution in [0.5, 0.6) is 0 Å². The molecule has 0 unspecified atom stereocenters. The molecule has 6 nitrogen and oxygen atoms in total. The van der Waals surface area contributed by atoms with Gasteiger partial charge in [0.1, 0.15) is 12.1 Å². The summed E-state index contributed by atoms with van der Waals surface area (Å²) in [5, 5.41) is 0. The number of carbonyl (C=O) groups excluding carboxylic acids is 1. The summed E-state index contributed by atoms with van der Waals surface area (Å²) < 4.78 is 10.4. The Morgan fingerprint density at radius 1 is 0.909 bits per heavy atom. The third-order valence-corrected chi connectivity index (χ3v) is 5.84. The number of benzene rings is 2. The van der Waals surface area contributed by atoms with Gasteiger partial charge < -0.3 is 14.1 Å². The van der Waals surface area contributed by atoms with E-state index >= 15 is 0 Å². The highest BCUT2D eigenvalue weighted by atomic mass is 16.5. The van der Waals surface area contributed by atoms with Crippen molar-refractivity contribution in [2.24, 2.45) is 0 Å². The molecule has 0 amide bonds. The number of hydrogen-bond donors (Lipinski definition) is 0. The van der Waals surface area contributed by atoms with Gasteiger partial charge >= 0.3 is 0 Å². The molecule has 1 fully saturated rings. The third-order valence-electron chi connectivity index (χ3n) is 5.84. The second-order valence-corrected chi connectivity index (χ2v) is 8.11. The first-order valence-corrected chi connectivity index (χ1v) is 11.1.